The highest BCUT2D eigenvalue weighted by molar-refractivity contribution is 5.93. The number of nitrogens with one attached hydrogen (secondary N) is 1. The van der Waals surface area contributed by atoms with E-state index >= 15 is 0 Å². The number of hydrogen-bond donors (Lipinski definition) is 2. The normalized spacial score (nSPS) is 18.4. The summed E-state index contributed by atoms with van der Waals surface area (Å²) in [6.07, 6.45) is 7.67. The van der Waals surface area contributed by atoms with E-state index in [9.17, 15) is 0 Å². The van der Waals surface area contributed by atoms with E-state index < -0.39 is 0 Å². The van der Waals surface area contributed by atoms with Crippen LogP contribution in [-0.4, -0.2) is 62.6 Å². The van der Waals surface area contributed by atoms with Gasteiger partial charge in [0.2, 0.25) is 0 Å². The smallest absolute Gasteiger partial charge is 0.0660 e. The maximum absolute atomic E-state index is 9.01. The number of hydrogen-bond acceptors (Lipinski definition) is 5. The molecule has 2 heterocycles. The number of anilines is 2. The molecule has 2 aromatic rings. The predicted molar refractivity (Wildman–Crippen MR) is 123 cm³/mol. The average molecular weight is 389 g/mol. The first kappa shape index (κ1) is 19.4. The first-order valence-corrected chi connectivity index (χ1v) is 10.1. The zero-order valence-electron chi connectivity index (χ0n) is 16.9. The van der Waals surface area contributed by atoms with Crippen LogP contribution in [0, 0.1) is 0 Å². The molecule has 0 aliphatic carbocycles. The van der Waals surface area contributed by atoms with Gasteiger partial charge in [-0.25, -0.2) is 0 Å². The largest absolute Gasteiger partial charge is 0.392 e. The Morgan fingerprint density at radius 1 is 1.07 bits per heavy atom. The van der Waals surface area contributed by atoms with E-state index in [1.54, 1.807) is 6.08 Å². The summed E-state index contributed by atoms with van der Waals surface area (Å²) in [6.45, 7) is 5.09. The molecule has 5 heteroatoms. The molecule has 150 valence electrons. The van der Waals surface area contributed by atoms with Gasteiger partial charge in [-0.05, 0) is 59.6 Å². The lowest BCUT2D eigenvalue weighted by atomic mass is 9.96. The Bertz CT molecular complexity index is 922. The molecule has 0 radical (unpaired) electrons. The zero-order chi connectivity index (χ0) is 20.1. The summed E-state index contributed by atoms with van der Waals surface area (Å²) in [5.41, 5.74) is 6.89. The lowest BCUT2D eigenvalue weighted by Crippen LogP contribution is -2.44. The van der Waals surface area contributed by atoms with E-state index in [-0.39, 0.29) is 6.61 Å². The van der Waals surface area contributed by atoms with Crippen molar-refractivity contribution in [3.8, 4) is 0 Å². The van der Waals surface area contributed by atoms with Crippen LogP contribution in [0.25, 0.3) is 11.6 Å². The molecular formula is C24H28N4O. The summed E-state index contributed by atoms with van der Waals surface area (Å²) in [5.74, 6) is 0. The van der Waals surface area contributed by atoms with E-state index in [2.05, 4.69) is 69.8 Å². The number of benzene rings is 2. The van der Waals surface area contributed by atoms with Crippen molar-refractivity contribution in [1.29, 1.82) is 0 Å². The van der Waals surface area contributed by atoms with Crippen LogP contribution in [0.2, 0.25) is 0 Å². The van der Waals surface area contributed by atoms with Crippen molar-refractivity contribution in [2.45, 2.75) is 0 Å². The van der Waals surface area contributed by atoms with Crippen LogP contribution in [0.4, 0.5) is 11.4 Å². The molecule has 0 aromatic heterocycles. The van der Waals surface area contributed by atoms with Crippen molar-refractivity contribution in [2.24, 2.45) is 4.99 Å². The van der Waals surface area contributed by atoms with Gasteiger partial charge in [0.1, 0.15) is 0 Å². The Hall–Kier alpha value is -2.89. The molecule has 0 bridgehead atoms. The molecule has 2 aliphatic heterocycles. The molecule has 2 aromatic carbocycles. The summed E-state index contributed by atoms with van der Waals surface area (Å²) >= 11 is 0. The van der Waals surface area contributed by atoms with Gasteiger partial charge >= 0.3 is 0 Å². The molecule has 29 heavy (non-hydrogen) atoms. The second kappa shape index (κ2) is 9.07. The quantitative estimate of drug-likeness (QED) is 0.825. The highest BCUT2D eigenvalue weighted by Gasteiger charge is 2.14. The molecule has 0 spiro atoms. The lowest BCUT2D eigenvalue weighted by Gasteiger charge is -2.34. The number of likely N-dealkylation sites (N-methyl/N-ethyl adjacent to an activating group) is 1. The van der Waals surface area contributed by atoms with Gasteiger partial charge < -0.3 is 20.2 Å². The fourth-order valence-corrected chi connectivity index (χ4v) is 3.71. The monoisotopic (exact) mass is 388 g/mol. The van der Waals surface area contributed by atoms with Crippen molar-refractivity contribution in [2.75, 3.05) is 56.6 Å². The first-order valence-electron chi connectivity index (χ1n) is 10.1. The molecule has 2 aliphatic rings. The van der Waals surface area contributed by atoms with E-state index in [0.29, 0.717) is 6.54 Å². The Kier molecular flexibility index (Phi) is 6.08. The first-order chi connectivity index (χ1) is 14.2. The van der Waals surface area contributed by atoms with Crippen molar-refractivity contribution >= 4 is 29.2 Å². The van der Waals surface area contributed by atoms with E-state index in [1.807, 2.05) is 18.4 Å². The minimum absolute atomic E-state index is 0.0485. The highest BCUT2D eigenvalue weighted by atomic mass is 16.2. The summed E-state index contributed by atoms with van der Waals surface area (Å²) in [5, 5.41) is 12.4. The van der Waals surface area contributed by atoms with Gasteiger partial charge in [-0.15, -0.1) is 0 Å². The molecular weight excluding hydrogens is 360 g/mol. The molecule has 1 fully saturated rings. The van der Waals surface area contributed by atoms with Crippen LogP contribution in [-0.2, 0) is 0 Å². The number of aliphatic hydroxyl groups excluding tert-OH is 1. The number of fused-ring (bicyclic) bond motifs is 1. The van der Waals surface area contributed by atoms with Crippen LogP contribution >= 0.6 is 0 Å². The molecule has 5 nitrogen and oxygen atoms in total. The average Bonchev–Trinajstić information content (AvgIpc) is 2.77. The highest BCUT2D eigenvalue weighted by Crippen LogP contribution is 2.25. The second-order valence-corrected chi connectivity index (χ2v) is 7.55. The molecule has 4 rings (SSSR count). The summed E-state index contributed by atoms with van der Waals surface area (Å²) in [7, 11) is 2.18. The molecule has 2 N–H and O–H groups in total. The van der Waals surface area contributed by atoms with Gasteiger partial charge in [0, 0.05) is 50.0 Å². The third kappa shape index (κ3) is 4.75. The predicted octanol–water partition coefficient (Wildman–Crippen LogP) is 3.33. The molecule has 1 saturated heterocycles. The van der Waals surface area contributed by atoms with Gasteiger partial charge in [0.25, 0.3) is 0 Å². The summed E-state index contributed by atoms with van der Waals surface area (Å²) < 4.78 is 0. The minimum Gasteiger partial charge on any atom is -0.392 e. The Labute approximate surface area is 172 Å². The van der Waals surface area contributed by atoms with Crippen LogP contribution < -0.4 is 10.2 Å². The van der Waals surface area contributed by atoms with E-state index in [0.717, 1.165) is 48.6 Å². The van der Waals surface area contributed by atoms with Crippen molar-refractivity contribution < 1.29 is 5.11 Å². The summed E-state index contributed by atoms with van der Waals surface area (Å²) in [4.78, 5) is 9.29. The maximum Gasteiger partial charge on any atom is 0.0660 e. The fourth-order valence-electron chi connectivity index (χ4n) is 3.71. The molecule has 0 amide bonds. The fraction of sp³-hybridized carbons (Fsp3) is 0.292. The number of piperazine rings is 1. The number of aliphatic imine (C=N–C) groups is 1. The zero-order valence-corrected chi connectivity index (χ0v) is 16.9. The van der Waals surface area contributed by atoms with Gasteiger partial charge in [-0.2, -0.15) is 0 Å². The van der Waals surface area contributed by atoms with Crippen molar-refractivity contribution in [1.82, 2.24) is 4.90 Å². The van der Waals surface area contributed by atoms with Crippen molar-refractivity contribution in [3.63, 3.8) is 0 Å². The van der Waals surface area contributed by atoms with Gasteiger partial charge in [-0.1, -0.05) is 24.3 Å². The SMILES string of the molecule is CN1CCN(c2ccc(NC=C3CN=Cc4ccc(C=CCO)cc43)cc2)CC1. The Morgan fingerprint density at radius 2 is 1.86 bits per heavy atom. The molecule has 0 atom stereocenters. The second-order valence-electron chi connectivity index (χ2n) is 7.55. The van der Waals surface area contributed by atoms with Crippen LogP contribution in [0.3, 0.4) is 0 Å². The van der Waals surface area contributed by atoms with Crippen LogP contribution in [0.15, 0.2) is 59.7 Å². The summed E-state index contributed by atoms with van der Waals surface area (Å²) in [6, 6.07) is 14.9. The maximum atomic E-state index is 9.01. The lowest BCUT2D eigenvalue weighted by molar-refractivity contribution is 0.313. The van der Waals surface area contributed by atoms with E-state index in [4.69, 9.17) is 5.11 Å². The van der Waals surface area contributed by atoms with Gasteiger partial charge in [0.15, 0.2) is 0 Å². The Morgan fingerprint density at radius 3 is 2.62 bits per heavy atom. The van der Waals surface area contributed by atoms with Gasteiger partial charge in [0.05, 0.1) is 13.2 Å². The number of nitrogens with zero attached hydrogens (tertiary/aromatic N) is 3. The standard InChI is InChI=1S/C24H28N4O/c1-27-10-12-28(13-11-27)23-8-6-22(7-9-23)26-18-21-17-25-16-20-5-4-19(3-2-14-29)15-24(20)21/h2-9,15-16,18,26,29H,10-14,17H2,1H3. The Balaban J connectivity index is 1.47. The number of rotatable bonds is 5. The third-order valence-corrected chi connectivity index (χ3v) is 5.48. The van der Waals surface area contributed by atoms with Crippen molar-refractivity contribution in [3.05, 3.63) is 71.4 Å². The molecule has 0 saturated carbocycles. The number of aliphatic hydroxyl groups is 1. The van der Waals surface area contributed by atoms with Crippen LogP contribution in [0.5, 0.6) is 0 Å². The minimum atomic E-state index is 0.0485. The van der Waals surface area contributed by atoms with Gasteiger partial charge in [-0.3, -0.25) is 4.99 Å². The molecule has 0 unspecified atom stereocenters. The van der Waals surface area contributed by atoms with E-state index in [1.165, 1.54) is 11.3 Å². The third-order valence-electron chi connectivity index (χ3n) is 5.48. The topological polar surface area (TPSA) is 51.1 Å². The van der Waals surface area contributed by atoms with Crippen LogP contribution in [0.1, 0.15) is 16.7 Å².